The monoisotopic (exact) mass is 496 g/mol. The summed E-state index contributed by atoms with van der Waals surface area (Å²) < 4.78 is 7.93. The number of hydrogen-bond donors (Lipinski definition) is 2. The van der Waals surface area contributed by atoms with E-state index in [2.05, 4.69) is 21.1 Å². The van der Waals surface area contributed by atoms with Crippen LogP contribution in [0.4, 0.5) is 5.82 Å². The minimum Gasteiger partial charge on any atom is -0.493 e. The molecule has 0 saturated carbocycles. The van der Waals surface area contributed by atoms with E-state index in [4.69, 9.17) is 27.8 Å². The van der Waals surface area contributed by atoms with Gasteiger partial charge in [0.15, 0.2) is 5.65 Å². The van der Waals surface area contributed by atoms with Gasteiger partial charge in [0, 0.05) is 30.1 Å². The number of benzene rings is 1. The van der Waals surface area contributed by atoms with Gasteiger partial charge >= 0.3 is 0 Å². The van der Waals surface area contributed by atoms with Crippen LogP contribution in [-0.2, 0) is 4.79 Å². The number of nitrogens with zero attached hydrogens (tertiary/aromatic N) is 6. The van der Waals surface area contributed by atoms with Gasteiger partial charge in [-0.3, -0.25) is 9.69 Å². The number of primary amides is 1. The van der Waals surface area contributed by atoms with Gasteiger partial charge < -0.3 is 16.2 Å². The van der Waals surface area contributed by atoms with Crippen molar-refractivity contribution in [2.24, 2.45) is 5.73 Å². The topological polar surface area (TPSA) is 149 Å². The number of ether oxygens (including phenoxy) is 1. The largest absolute Gasteiger partial charge is 0.493 e. The number of halogens is 1. The van der Waals surface area contributed by atoms with Gasteiger partial charge in [0.05, 0.1) is 39.9 Å². The number of fused-ring (bicyclic) bond motifs is 1. The van der Waals surface area contributed by atoms with Crippen LogP contribution in [0.5, 0.6) is 5.75 Å². The molecule has 1 amide bonds. The number of aryl methyl sites for hydroxylation is 1. The van der Waals surface area contributed by atoms with Crippen molar-refractivity contribution in [1.29, 1.82) is 5.26 Å². The lowest BCUT2D eigenvalue weighted by molar-refractivity contribution is -0.131. The molecule has 1 fully saturated rings. The molecule has 1 atom stereocenters. The molecular formula is C24H29ClN8O2. The Balaban J connectivity index is 1.84. The summed E-state index contributed by atoms with van der Waals surface area (Å²) in [5, 5.41) is 15.7. The highest BCUT2D eigenvalue weighted by molar-refractivity contribution is 6.32. The van der Waals surface area contributed by atoms with Crippen molar-refractivity contribution in [2.75, 3.05) is 25.4 Å². The third-order valence-electron chi connectivity index (χ3n) is 6.89. The van der Waals surface area contributed by atoms with Crippen LogP contribution in [0.25, 0.3) is 11.0 Å². The van der Waals surface area contributed by atoms with Gasteiger partial charge in [-0.25, -0.2) is 14.6 Å². The van der Waals surface area contributed by atoms with E-state index in [1.807, 2.05) is 25.7 Å². The first kappa shape index (κ1) is 24.7. The molecule has 35 heavy (non-hydrogen) atoms. The minimum atomic E-state index is -0.797. The van der Waals surface area contributed by atoms with Crippen LogP contribution in [0.2, 0.25) is 5.02 Å². The Kier molecular flexibility index (Phi) is 6.34. The van der Waals surface area contributed by atoms with Crippen molar-refractivity contribution in [1.82, 2.24) is 24.6 Å². The highest BCUT2D eigenvalue weighted by Gasteiger charge is 2.44. The number of anilines is 1. The van der Waals surface area contributed by atoms with Crippen LogP contribution in [0.15, 0.2) is 12.4 Å². The Morgan fingerprint density at radius 3 is 2.69 bits per heavy atom. The Bertz CT molecular complexity index is 1350. The normalized spacial score (nSPS) is 15.6. The summed E-state index contributed by atoms with van der Waals surface area (Å²) in [6.07, 6.45) is 1.41. The summed E-state index contributed by atoms with van der Waals surface area (Å²) >= 11 is 6.65. The fourth-order valence-corrected chi connectivity index (χ4v) is 4.90. The molecule has 0 aliphatic carbocycles. The quantitative estimate of drug-likeness (QED) is 0.507. The zero-order chi connectivity index (χ0) is 25.7. The minimum absolute atomic E-state index is 0.0523. The molecule has 1 aliphatic heterocycles. The number of nitrogens with two attached hydrogens (primary N) is 2. The molecule has 4 rings (SSSR count). The maximum atomic E-state index is 11.9. The van der Waals surface area contributed by atoms with E-state index >= 15 is 0 Å². The second-order valence-electron chi connectivity index (χ2n) is 9.30. The molecule has 1 saturated heterocycles. The van der Waals surface area contributed by atoms with E-state index in [-0.39, 0.29) is 12.0 Å². The predicted octanol–water partition coefficient (Wildman–Crippen LogP) is 2.91. The zero-order valence-corrected chi connectivity index (χ0v) is 21.2. The summed E-state index contributed by atoms with van der Waals surface area (Å²) in [6, 6.07) is 3.68. The zero-order valence-electron chi connectivity index (χ0n) is 20.5. The highest BCUT2D eigenvalue weighted by Crippen LogP contribution is 2.45. The van der Waals surface area contributed by atoms with Crippen LogP contribution in [0.1, 0.15) is 62.0 Å². The van der Waals surface area contributed by atoms with Gasteiger partial charge in [0.1, 0.15) is 24.0 Å². The predicted molar refractivity (Wildman–Crippen MR) is 133 cm³/mol. The third-order valence-corrected chi connectivity index (χ3v) is 7.19. The lowest BCUT2D eigenvalue weighted by atomic mass is 9.82. The fraction of sp³-hybridized carbons (Fsp3) is 0.458. The molecule has 10 nitrogen and oxygen atoms in total. The molecule has 4 N–H and O–H groups in total. The van der Waals surface area contributed by atoms with Gasteiger partial charge in [-0.05, 0) is 40.7 Å². The summed E-state index contributed by atoms with van der Waals surface area (Å²) in [6.45, 7) is 10.8. The number of aromatic nitrogens is 4. The first-order valence-corrected chi connectivity index (χ1v) is 11.8. The maximum Gasteiger partial charge on any atom is 0.237 e. The first-order valence-electron chi connectivity index (χ1n) is 11.4. The molecule has 1 aromatic carbocycles. The van der Waals surface area contributed by atoms with E-state index in [1.54, 1.807) is 24.6 Å². The summed E-state index contributed by atoms with van der Waals surface area (Å²) in [5.41, 5.74) is 14.1. The number of likely N-dealkylation sites (tertiary alicyclic amines) is 1. The van der Waals surface area contributed by atoms with E-state index in [1.165, 1.54) is 6.33 Å². The van der Waals surface area contributed by atoms with Gasteiger partial charge in [-0.15, -0.1) is 0 Å². The number of amides is 1. The number of nitriles is 1. The SMILES string of the molecule is CCOc1c(C(C)n2nc(C)c3c(N)ncnc32)cc(Cl)c(C#N)c1C1CN(C(C)(C)C(N)=O)C1. The van der Waals surface area contributed by atoms with Crippen molar-refractivity contribution < 1.29 is 9.53 Å². The standard InChI is InChI=1S/C24H29ClN8O2/c1-6-35-20-15(13(3)33-22-18(12(2)31-33)21(27)29-11-30-22)7-17(25)16(8-26)19(20)14-9-32(10-14)24(4,5)23(28)34/h7,11,13-14H,6,9-10H2,1-5H3,(H2,28,34)(H2,27,29,30). The average Bonchev–Trinajstić information content (AvgIpc) is 3.11. The highest BCUT2D eigenvalue weighted by atomic mass is 35.5. The van der Waals surface area contributed by atoms with Gasteiger partial charge in [-0.2, -0.15) is 10.4 Å². The van der Waals surface area contributed by atoms with Crippen LogP contribution in [-0.4, -0.2) is 55.8 Å². The van der Waals surface area contributed by atoms with Crippen molar-refractivity contribution in [3.63, 3.8) is 0 Å². The van der Waals surface area contributed by atoms with Crippen molar-refractivity contribution in [3.05, 3.63) is 39.8 Å². The molecule has 2 aromatic heterocycles. The molecule has 184 valence electrons. The third kappa shape index (κ3) is 3.94. The molecule has 0 radical (unpaired) electrons. The number of nitrogen functional groups attached to an aromatic ring is 1. The van der Waals surface area contributed by atoms with Crippen molar-refractivity contribution in [2.45, 2.75) is 52.1 Å². The Labute approximate surface area is 208 Å². The molecule has 1 aliphatic rings. The molecule has 1 unspecified atom stereocenters. The van der Waals surface area contributed by atoms with Crippen LogP contribution in [0, 0.1) is 18.3 Å². The van der Waals surface area contributed by atoms with Crippen LogP contribution >= 0.6 is 11.6 Å². The van der Waals surface area contributed by atoms with E-state index in [0.717, 1.165) is 11.1 Å². The molecule has 3 heterocycles. The summed E-state index contributed by atoms with van der Waals surface area (Å²) in [7, 11) is 0. The second kappa shape index (κ2) is 8.98. The summed E-state index contributed by atoms with van der Waals surface area (Å²) in [5.74, 6) is 0.514. The molecule has 3 aromatic rings. The lowest BCUT2D eigenvalue weighted by Crippen LogP contribution is -2.61. The van der Waals surface area contributed by atoms with Crippen molar-refractivity contribution in [3.8, 4) is 11.8 Å². The molecular weight excluding hydrogens is 468 g/mol. The Morgan fingerprint density at radius 1 is 1.40 bits per heavy atom. The average molecular weight is 497 g/mol. The van der Waals surface area contributed by atoms with Gasteiger partial charge in [0.2, 0.25) is 5.91 Å². The Morgan fingerprint density at radius 2 is 2.09 bits per heavy atom. The lowest BCUT2D eigenvalue weighted by Gasteiger charge is -2.48. The first-order chi connectivity index (χ1) is 16.5. The van der Waals surface area contributed by atoms with Crippen molar-refractivity contribution >= 4 is 34.4 Å². The van der Waals surface area contributed by atoms with E-state index in [0.29, 0.717) is 58.6 Å². The smallest absolute Gasteiger partial charge is 0.237 e. The van der Waals surface area contributed by atoms with Crippen LogP contribution < -0.4 is 16.2 Å². The van der Waals surface area contributed by atoms with Crippen LogP contribution in [0.3, 0.4) is 0 Å². The number of rotatable bonds is 7. The fourth-order valence-electron chi connectivity index (χ4n) is 4.64. The molecule has 0 spiro atoms. The van der Waals surface area contributed by atoms with Gasteiger partial charge in [-0.1, -0.05) is 11.6 Å². The Hall–Kier alpha value is -3.42. The molecule has 0 bridgehead atoms. The maximum absolute atomic E-state index is 11.9. The number of carbonyl (C=O) groups is 1. The summed E-state index contributed by atoms with van der Waals surface area (Å²) in [4.78, 5) is 22.4. The van der Waals surface area contributed by atoms with E-state index < -0.39 is 11.4 Å². The van der Waals surface area contributed by atoms with Gasteiger partial charge in [0.25, 0.3) is 0 Å². The number of hydrogen-bond acceptors (Lipinski definition) is 8. The van der Waals surface area contributed by atoms with E-state index in [9.17, 15) is 10.1 Å². The molecule has 11 heteroatoms. The second-order valence-corrected chi connectivity index (χ2v) is 9.71. The number of carbonyl (C=O) groups excluding carboxylic acids is 1.